The lowest BCUT2D eigenvalue weighted by molar-refractivity contribution is -0.0757. The highest BCUT2D eigenvalue weighted by atomic mass is 79.9. The van der Waals surface area contributed by atoms with Crippen LogP contribution in [0.3, 0.4) is 0 Å². The average Bonchev–Trinajstić information content (AvgIpc) is 2.26. The second-order valence-electron chi connectivity index (χ2n) is 3.02. The second kappa shape index (κ2) is 5.36. The first-order valence-electron chi connectivity index (χ1n) is 4.37. The molecule has 0 atom stereocenters. The molecule has 1 amide bonds. The van der Waals surface area contributed by atoms with Gasteiger partial charge in [0.2, 0.25) is 0 Å². The van der Waals surface area contributed by atoms with Crippen LogP contribution in [0.5, 0.6) is 0 Å². The van der Waals surface area contributed by atoms with Crippen molar-refractivity contribution < 1.29 is 18.4 Å². The Labute approximate surface area is 100 Å². The maximum atomic E-state index is 12.4. The number of amides is 1. The minimum atomic E-state index is -2.57. The maximum absolute atomic E-state index is 12.4. The molecule has 1 rings (SSSR count). The summed E-state index contributed by atoms with van der Waals surface area (Å²) in [5, 5.41) is 1.02. The zero-order chi connectivity index (χ0) is 12.3. The van der Waals surface area contributed by atoms with Crippen molar-refractivity contribution in [1.82, 2.24) is 5.06 Å². The van der Waals surface area contributed by atoms with Crippen molar-refractivity contribution in [2.45, 2.75) is 6.43 Å². The summed E-state index contributed by atoms with van der Waals surface area (Å²) in [6, 6.07) is 3.90. The monoisotopic (exact) mass is 293 g/mol. The highest BCUT2D eigenvalue weighted by Gasteiger charge is 2.16. The van der Waals surface area contributed by atoms with Gasteiger partial charge in [0.05, 0.1) is 7.11 Å². The smallest absolute Gasteiger partial charge is 0.274 e. The van der Waals surface area contributed by atoms with Crippen molar-refractivity contribution >= 4 is 21.8 Å². The highest BCUT2D eigenvalue weighted by molar-refractivity contribution is 9.10. The number of carbonyl (C=O) groups is 1. The van der Waals surface area contributed by atoms with Crippen molar-refractivity contribution in [1.29, 1.82) is 0 Å². The SMILES string of the molecule is CON(C)C(=O)c1ccc(C(F)F)c(Br)c1. The fraction of sp³-hybridized carbons (Fsp3) is 0.300. The molecular weight excluding hydrogens is 284 g/mol. The van der Waals surface area contributed by atoms with E-state index in [1.165, 1.54) is 32.4 Å². The van der Waals surface area contributed by atoms with Crippen molar-refractivity contribution in [3.8, 4) is 0 Å². The molecule has 0 unspecified atom stereocenters. The first kappa shape index (κ1) is 13.1. The van der Waals surface area contributed by atoms with Gasteiger partial charge in [0.1, 0.15) is 0 Å². The molecular formula is C10H10BrF2NO2. The quantitative estimate of drug-likeness (QED) is 0.802. The Morgan fingerprint density at radius 2 is 2.12 bits per heavy atom. The largest absolute Gasteiger partial charge is 0.277 e. The molecule has 0 fully saturated rings. The van der Waals surface area contributed by atoms with E-state index >= 15 is 0 Å². The molecule has 1 aromatic carbocycles. The van der Waals surface area contributed by atoms with Gasteiger partial charge in [-0.25, -0.2) is 13.8 Å². The number of halogens is 3. The number of hydrogen-bond acceptors (Lipinski definition) is 2. The molecule has 1 aromatic rings. The number of alkyl halides is 2. The molecule has 0 saturated carbocycles. The van der Waals surface area contributed by atoms with Gasteiger partial charge in [0.25, 0.3) is 12.3 Å². The van der Waals surface area contributed by atoms with E-state index in [9.17, 15) is 13.6 Å². The molecule has 0 saturated heterocycles. The summed E-state index contributed by atoms with van der Waals surface area (Å²) in [6.07, 6.45) is -2.57. The van der Waals surface area contributed by atoms with Crippen LogP contribution in [-0.4, -0.2) is 25.1 Å². The van der Waals surface area contributed by atoms with Crippen molar-refractivity contribution in [2.24, 2.45) is 0 Å². The standard InChI is InChI=1S/C10H10BrF2NO2/c1-14(16-2)10(15)6-3-4-7(9(12)13)8(11)5-6/h3-5,9H,1-2H3. The summed E-state index contributed by atoms with van der Waals surface area (Å²) in [5.74, 6) is -0.399. The zero-order valence-corrected chi connectivity index (χ0v) is 10.3. The number of benzene rings is 1. The first-order valence-corrected chi connectivity index (χ1v) is 5.16. The predicted molar refractivity (Wildman–Crippen MR) is 58.2 cm³/mol. The van der Waals surface area contributed by atoms with Gasteiger partial charge in [0.15, 0.2) is 0 Å². The van der Waals surface area contributed by atoms with Crippen LogP contribution >= 0.6 is 15.9 Å². The van der Waals surface area contributed by atoms with Crippen LogP contribution in [-0.2, 0) is 4.84 Å². The highest BCUT2D eigenvalue weighted by Crippen LogP contribution is 2.28. The summed E-state index contributed by atoms with van der Waals surface area (Å²) in [4.78, 5) is 16.3. The summed E-state index contributed by atoms with van der Waals surface area (Å²) >= 11 is 3.00. The topological polar surface area (TPSA) is 29.5 Å². The van der Waals surface area contributed by atoms with Gasteiger partial charge in [-0.2, -0.15) is 0 Å². The van der Waals surface area contributed by atoms with Gasteiger partial charge >= 0.3 is 0 Å². The molecule has 0 aliphatic rings. The molecule has 16 heavy (non-hydrogen) atoms. The van der Waals surface area contributed by atoms with Crippen LogP contribution in [0.25, 0.3) is 0 Å². The Morgan fingerprint density at radius 1 is 1.50 bits per heavy atom. The van der Waals surface area contributed by atoms with Gasteiger partial charge in [-0.1, -0.05) is 22.0 Å². The van der Waals surface area contributed by atoms with Crippen LogP contribution in [0.1, 0.15) is 22.3 Å². The summed E-state index contributed by atoms with van der Waals surface area (Å²) in [5.41, 5.74) is 0.136. The number of rotatable bonds is 3. The summed E-state index contributed by atoms with van der Waals surface area (Å²) < 4.78 is 25.1. The van der Waals surface area contributed by atoms with E-state index < -0.39 is 12.3 Å². The molecule has 88 valence electrons. The fourth-order valence-corrected chi connectivity index (χ4v) is 1.65. The molecule has 6 heteroatoms. The lowest BCUT2D eigenvalue weighted by atomic mass is 10.1. The second-order valence-corrected chi connectivity index (χ2v) is 3.88. The molecule has 0 heterocycles. The van der Waals surface area contributed by atoms with Gasteiger partial charge in [-0.05, 0) is 12.1 Å². The fourth-order valence-electron chi connectivity index (χ4n) is 1.10. The molecule has 0 aromatic heterocycles. The zero-order valence-electron chi connectivity index (χ0n) is 8.71. The molecule has 0 spiro atoms. The molecule has 3 nitrogen and oxygen atoms in total. The summed E-state index contributed by atoms with van der Waals surface area (Å²) in [7, 11) is 2.79. The number of hydroxylamine groups is 2. The third-order valence-electron chi connectivity index (χ3n) is 2.04. The summed E-state index contributed by atoms with van der Waals surface area (Å²) in [6.45, 7) is 0. The number of carbonyl (C=O) groups excluding carboxylic acids is 1. The molecule has 0 aliphatic heterocycles. The van der Waals surface area contributed by atoms with Crippen molar-refractivity contribution in [2.75, 3.05) is 14.2 Å². The molecule has 0 bridgehead atoms. The van der Waals surface area contributed by atoms with Crippen LogP contribution in [0.15, 0.2) is 22.7 Å². The normalized spacial score (nSPS) is 10.6. The maximum Gasteiger partial charge on any atom is 0.277 e. The van der Waals surface area contributed by atoms with Crippen LogP contribution in [0.2, 0.25) is 0 Å². The number of hydrogen-bond donors (Lipinski definition) is 0. The molecule has 0 radical (unpaired) electrons. The van der Waals surface area contributed by atoms with Crippen LogP contribution in [0.4, 0.5) is 8.78 Å². The van der Waals surface area contributed by atoms with Gasteiger partial charge in [-0.3, -0.25) is 9.63 Å². The van der Waals surface area contributed by atoms with Crippen LogP contribution in [0, 0.1) is 0 Å². The minimum Gasteiger partial charge on any atom is -0.274 e. The van der Waals surface area contributed by atoms with Crippen molar-refractivity contribution in [3.05, 3.63) is 33.8 Å². The van der Waals surface area contributed by atoms with E-state index in [2.05, 4.69) is 15.9 Å². The third kappa shape index (κ3) is 2.76. The Hall–Kier alpha value is -1.01. The van der Waals surface area contributed by atoms with Gasteiger partial charge in [-0.15, -0.1) is 0 Å². The van der Waals surface area contributed by atoms with Crippen molar-refractivity contribution in [3.63, 3.8) is 0 Å². The molecule has 0 N–H and O–H groups in total. The Kier molecular flexibility index (Phi) is 4.37. The Morgan fingerprint density at radius 3 is 2.56 bits per heavy atom. The van der Waals surface area contributed by atoms with E-state index in [1.807, 2.05) is 0 Å². The van der Waals surface area contributed by atoms with E-state index in [-0.39, 0.29) is 15.6 Å². The number of nitrogens with zero attached hydrogens (tertiary/aromatic N) is 1. The van der Waals surface area contributed by atoms with Crippen LogP contribution < -0.4 is 0 Å². The van der Waals surface area contributed by atoms with E-state index in [0.717, 1.165) is 5.06 Å². The van der Waals surface area contributed by atoms with E-state index in [4.69, 9.17) is 4.84 Å². The first-order chi connectivity index (χ1) is 7.47. The third-order valence-corrected chi connectivity index (χ3v) is 2.73. The molecule has 0 aliphatic carbocycles. The van der Waals surface area contributed by atoms with Gasteiger partial charge in [0, 0.05) is 22.6 Å². The lowest BCUT2D eigenvalue weighted by Crippen LogP contribution is -2.25. The lowest BCUT2D eigenvalue weighted by Gasteiger charge is -2.14. The minimum absolute atomic E-state index is 0.142. The van der Waals surface area contributed by atoms with E-state index in [1.54, 1.807) is 0 Å². The van der Waals surface area contributed by atoms with E-state index in [0.29, 0.717) is 0 Å². The Balaban J connectivity index is 3.02. The average molecular weight is 294 g/mol. The van der Waals surface area contributed by atoms with Gasteiger partial charge < -0.3 is 0 Å². The Bertz CT molecular complexity index is 398. The predicted octanol–water partition coefficient (Wildman–Crippen LogP) is 3.02.